The first-order valence-corrected chi connectivity index (χ1v) is 9.66. The van der Waals surface area contributed by atoms with E-state index >= 15 is 0 Å². The van der Waals surface area contributed by atoms with Crippen molar-refractivity contribution in [2.45, 2.75) is 24.9 Å². The van der Waals surface area contributed by atoms with Gasteiger partial charge in [0.05, 0.1) is 24.3 Å². The highest BCUT2D eigenvalue weighted by Crippen LogP contribution is 2.36. The third-order valence-corrected chi connectivity index (χ3v) is 5.40. The van der Waals surface area contributed by atoms with Crippen LogP contribution in [-0.2, 0) is 10.4 Å². The van der Waals surface area contributed by atoms with Gasteiger partial charge in [-0.3, -0.25) is 19.3 Å². The molecule has 2 aliphatic rings. The number of hydrogen-bond acceptors (Lipinski definition) is 5. The molecule has 2 aromatic carbocycles. The molecule has 0 saturated carbocycles. The molecule has 4 rings (SSSR count). The Morgan fingerprint density at radius 1 is 1.07 bits per heavy atom. The van der Waals surface area contributed by atoms with Crippen LogP contribution in [0.5, 0.6) is 5.75 Å². The number of amides is 3. The van der Waals surface area contributed by atoms with Crippen LogP contribution in [0.1, 0.15) is 45.5 Å². The molecule has 1 unspecified atom stereocenters. The van der Waals surface area contributed by atoms with Crippen molar-refractivity contribution < 1.29 is 24.2 Å². The van der Waals surface area contributed by atoms with Crippen molar-refractivity contribution in [1.82, 2.24) is 10.2 Å². The molecule has 2 aliphatic heterocycles. The van der Waals surface area contributed by atoms with Crippen LogP contribution in [0, 0.1) is 0 Å². The van der Waals surface area contributed by atoms with E-state index in [4.69, 9.17) is 4.74 Å². The minimum atomic E-state index is -1.17. The average molecular weight is 394 g/mol. The summed E-state index contributed by atoms with van der Waals surface area (Å²) in [5.74, 6) is -0.251. The fraction of sp³-hybridized carbons (Fsp3) is 0.318. The summed E-state index contributed by atoms with van der Waals surface area (Å²) >= 11 is 0. The quantitative estimate of drug-likeness (QED) is 0.729. The Balaban J connectivity index is 1.29. The van der Waals surface area contributed by atoms with Gasteiger partial charge in [0.1, 0.15) is 11.4 Å². The predicted molar refractivity (Wildman–Crippen MR) is 105 cm³/mol. The summed E-state index contributed by atoms with van der Waals surface area (Å²) in [6.07, 6.45) is 0.899. The van der Waals surface area contributed by atoms with E-state index in [0.717, 1.165) is 0 Å². The number of benzene rings is 2. The molecule has 150 valence electrons. The number of para-hydroxylation sites is 1. The standard InChI is InChI=1S/C22H22N2O5/c25-19(23-14-22(28)11-13-29-18-9-4-3-8-17(18)22)10-5-12-24-20(26)15-6-1-2-7-16(15)21(24)27/h1-4,6-9,28H,5,10-14H2,(H,23,25). The van der Waals surface area contributed by atoms with Gasteiger partial charge in [-0.1, -0.05) is 30.3 Å². The number of ether oxygens (including phenoxy) is 1. The third kappa shape index (κ3) is 3.61. The first kappa shape index (κ1) is 19.1. The molecule has 1 atom stereocenters. The first-order valence-electron chi connectivity index (χ1n) is 9.66. The summed E-state index contributed by atoms with van der Waals surface area (Å²) in [5, 5.41) is 13.7. The molecule has 0 radical (unpaired) electrons. The van der Waals surface area contributed by atoms with E-state index in [1.807, 2.05) is 12.1 Å². The number of nitrogens with one attached hydrogen (secondary N) is 1. The number of carbonyl (C=O) groups is 3. The largest absolute Gasteiger partial charge is 0.493 e. The highest BCUT2D eigenvalue weighted by molar-refractivity contribution is 6.21. The van der Waals surface area contributed by atoms with Crippen LogP contribution in [0.15, 0.2) is 48.5 Å². The summed E-state index contributed by atoms with van der Waals surface area (Å²) in [5.41, 5.74) is 0.301. The molecular formula is C22H22N2O5. The number of imide groups is 1. The molecule has 0 fully saturated rings. The van der Waals surface area contributed by atoms with E-state index in [1.54, 1.807) is 36.4 Å². The maximum absolute atomic E-state index is 12.3. The van der Waals surface area contributed by atoms with Crippen LogP contribution in [0.3, 0.4) is 0 Å². The van der Waals surface area contributed by atoms with E-state index in [1.165, 1.54) is 4.90 Å². The molecule has 0 spiro atoms. The average Bonchev–Trinajstić information content (AvgIpc) is 2.98. The van der Waals surface area contributed by atoms with E-state index in [2.05, 4.69) is 5.32 Å². The molecule has 0 bridgehead atoms. The molecule has 7 heteroatoms. The van der Waals surface area contributed by atoms with Crippen molar-refractivity contribution >= 4 is 17.7 Å². The number of aliphatic hydroxyl groups is 1. The van der Waals surface area contributed by atoms with Crippen molar-refractivity contribution in [2.24, 2.45) is 0 Å². The Morgan fingerprint density at radius 2 is 1.72 bits per heavy atom. The minimum absolute atomic E-state index is 0.0826. The molecule has 29 heavy (non-hydrogen) atoms. The summed E-state index contributed by atoms with van der Waals surface area (Å²) < 4.78 is 5.55. The number of rotatable bonds is 6. The van der Waals surface area contributed by atoms with Crippen LogP contribution in [-0.4, -0.2) is 47.4 Å². The molecular weight excluding hydrogens is 372 g/mol. The maximum atomic E-state index is 12.3. The van der Waals surface area contributed by atoms with Gasteiger partial charge in [-0.25, -0.2) is 0 Å². The maximum Gasteiger partial charge on any atom is 0.261 e. The number of hydrogen-bond donors (Lipinski definition) is 2. The SMILES string of the molecule is O=C(CCCN1C(=O)c2ccccc2C1=O)NCC1(O)CCOc2ccccc21. The Labute approximate surface area is 168 Å². The lowest BCUT2D eigenvalue weighted by Gasteiger charge is -2.34. The van der Waals surface area contributed by atoms with Crippen molar-refractivity contribution in [3.8, 4) is 5.75 Å². The van der Waals surface area contributed by atoms with Gasteiger partial charge in [0, 0.05) is 24.9 Å². The Kier molecular flexibility index (Phi) is 5.07. The number of nitrogens with zero attached hydrogens (tertiary/aromatic N) is 1. The molecule has 2 heterocycles. The summed E-state index contributed by atoms with van der Waals surface area (Å²) in [7, 11) is 0. The molecule has 0 aromatic heterocycles. The Hall–Kier alpha value is -3.19. The fourth-order valence-corrected chi connectivity index (χ4v) is 3.80. The predicted octanol–water partition coefficient (Wildman–Crippen LogP) is 1.85. The zero-order valence-electron chi connectivity index (χ0n) is 15.9. The second-order valence-electron chi connectivity index (χ2n) is 7.31. The molecule has 2 N–H and O–H groups in total. The van der Waals surface area contributed by atoms with Crippen LogP contribution >= 0.6 is 0 Å². The topological polar surface area (TPSA) is 95.9 Å². The van der Waals surface area contributed by atoms with Crippen molar-refractivity contribution in [1.29, 1.82) is 0 Å². The molecule has 0 aliphatic carbocycles. The zero-order valence-corrected chi connectivity index (χ0v) is 15.9. The van der Waals surface area contributed by atoms with Gasteiger partial charge < -0.3 is 15.2 Å². The number of fused-ring (bicyclic) bond motifs is 2. The zero-order chi connectivity index (χ0) is 20.4. The van der Waals surface area contributed by atoms with Crippen LogP contribution in [0.2, 0.25) is 0 Å². The smallest absolute Gasteiger partial charge is 0.261 e. The monoisotopic (exact) mass is 394 g/mol. The Morgan fingerprint density at radius 3 is 2.45 bits per heavy atom. The second kappa shape index (κ2) is 7.67. The van der Waals surface area contributed by atoms with Gasteiger partial charge in [-0.05, 0) is 24.6 Å². The van der Waals surface area contributed by atoms with E-state index in [0.29, 0.717) is 41.9 Å². The van der Waals surface area contributed by atoms with Crippen molar-refractivity contribution in [2.75, 3.05) is 19.7 Å². The normalized spacial score (nSPS) is 20.1. The third-order valence-electron chi connectivity index (χ3n) is 5.40. The first-order chi connectivity index (χ1) is 14.0. The summed E-state index contributed by atoms with van der Waals surface area (Å²) in [6.45, 7) is 0.642. The van der Waals surface area contributed by atoms with Crippen molar-refractivity contribution in [3.63, 3.8) is 0 Å². The molecule has 7 nitrogen and oxygen atoms in total. The van der Waals surface area contributed by atoms with Gasteiger partial charge in [0.15, 0.2) is 0 Å². The highest BCUT2D eigenvalue weighted by atomic mass is 16.5. The summed E-state index contributed by atoms with van der Waals surface area (Å²) in [4.78, 5) is 38.1. The lowest BCUT2D eigenvalue weighted by Crippen LogP contribution is -2.44. The second-order valence-corrected chi connectivity index (χ2v) is 7.31. The van der Waals surface area contributed by atoms with Gasteiger partial charge >= 0.3 is 0 Å². The molecule has 2 aromatic rings. The van der Waals surface area contributed by atoms with Crippen molar-refractivity contribution in [3.05, 3.63) is 65.2 Å². The lowest BCUT2D eigenvalue weighted by atomic mass is 9.88. The fourth-order valence-electron chi connectivity index (χ4n) is 3.80. The minimum Gasteiger partial charge on any atom is -0.493 e. The van der Waals surface area contributed by atoms with Crippen LogP contribution < -0.4 is 10.1 Å². The van der Waals surface area contributed by atoms with E-state index < -0.39 is 5.60 Å². The van der Waals surface area contributed by atoms with Gasteiger partial charge in [-0.15, -0.1) is 0 Å². The van der Waals surface area contributed by atoms with Crippen LogP contribution in [0.4, 0.5) is 0 Å². The lowest BCUT2D eigenvalue weighted by molar-refractivity contribution is -0.123. The molecule has 3 amide bonds. The molecule has 0 saturated heterocycles. The Bertz CT molecular complexity index is 938. The van der Waals surface area contributed by atoms with Gasteiger partial charge in [-0.2, -0.15) is 0 Å². The summed E-state index contributed by atoms with van der Waals surface area (Å²) in [6, 6.07) is 14.0. The number of carbonyl (C=O) groups excluding carboxylic acids is 3. The van der Waals surface area contributed by atoms with Gasteiger partial charge in [0.25, 0.3) is 11.8 Å². The van der Waals surface area contributed by atoms with E-state index in [-0.39, 0.29) is 37.2 Å². The van der Waals surface area contributed by atoms with Gasteiger partial charge in [0.2, 0.25) is 5.91 Å². The van der Waals surface area contributed by atoms with Crippen LogP contribution in [0.25, 0.3) is 0 Å². The van der Waals surface area contributed by atoms with E-state index in [9.17, 15) is 19.5 Å². The highest BCUT2D eigenvalue weighted by Gasteiger charge is 2.36.